The molecule has 0 aliphatic heterocycles. The van der Waals surface area contributed by atoms with Crippen LogP contribution in [0.25, 0.3) is 10.9 Å². The third-order valence-corrected chi connectivity index (χ3v) is 3.16. The van der Waals surface area contributed by atoms with Gasteiger partial charge in [-0.3, -0.25) is 4.98 Å². The lowest BCUT2D eigenvalue weighted by Crippen LogP contribution is -2.05. The lowest BCUT2D eigenvalue weighted by atomic mass is 10.2. The lowest BCUT2D eigenvalue weighted by molar-refractivity contribution is 0.292. The number of anilines is 1. The number of nitrogens with two attached hydrogens (primary N) is 1. The molecule has 1 aromatic heterocycles. The first-order valence-corrected chi connectivity index (χ1v) is 6.35. The predicted molar refractivity (Wildman–Crippen MR) is 76.8 cm³/mol. The Morgan fingerprint density at radius 1 is 1.10 bits per heavy atom. The monoisotopic (exact) mass is 286 g/mol. The Bertz CT molecular complexity index is 805. The second kappa shape index (κ2) is 5.36. The number of hydrogen-bond acceptors (Lipinski definition) is 3. The SMILES string of the molecule is Nc1ccc(F)c(COc2cnc3ccccc3c2)c1F. The fourth-order valence-electron chi connectivity index (χ4n) is 2.03. The van der Waals surface area contributed by atoms with Crippen LogP contribution in [-0.4, -0.2) is 4.98 Å². The van der Waals surface area contributed by atoms with Crippen molar-refractivity contribution in [2.75, 3.05) is 5.73 Å². The number of benzene rings is 2. The fourth-order valence-corrected chi connectivity index (χ4v) is 2.03. The van der Waals surface area contributed by atoms with Crippen molar-refractivity contribution in [3.63, 3.8) is 0 Å². The lowest BCUT2D eigenvalue weighted by Gasteiger charge is -2.09. The van der Waals surface area contributed by atoms with Crippen molar-refractivity contribution in [1.29, 1.82) is 0 Å². The molecule has 0 bridgehead atoms. The summed E-state index contributed by atoms with van der Waals surface area (Å²) in [6.45, 7) is -0.247. The van der Waals surface area contributed by atoms with Gasteiger partial charge in [0.25, 0.3) is 0 Å². The highest BCUT2D eigenvalue weighted by Crippen LogP contribution is 2.22. The normalized spacial score (nSPS) is 10.8. The van der Waals surface area contributed by atoms with Crippen molar-refractivity contribution in [3.8, 4) is 5.75 Å². The first-order chi connectivity index (χ1) is 10.1. The Morgan fingerprint density at radius 2 is 1.90 bits per heavy atom. The molecule has 0 spiro atoms. The van der Waals surface area contributed by atoms with E-state index in [9.17, 15) is 8.78 Å². The van der Waals surface area contributed by atoms with E-state index in [4.69, 9.17) is 10.5 Å². The van der Waals surface area contributed by atoms with Gasteiger partial charge in [0.15, 0.2) is 5.82 Å². The Labute approximate surface area is 120 Å². The molecule has 5 heteroatoms. The van der Waals surface area contributed by atoms with Gasteiger partial charge >= 0.3 is 0 Å². The standard InChI is InChI=1S/C16H12F2N2O/c17-13-5-6-14(19)16(18)12(13)9-21-11-7-10-3-1-2-4-15(10)20-8-11/h1-8H,9,19H2. The molecule has 0 unspecified atom stereocenters. The van der Waals surface area contributed by atoms with Gasteiger partial charge in [-0.1, -0.05) is 18.2 Å². The zero-order chi connectivity index (χ0) is 14.8. The molecule has 1 heterocycles. The summed E-state index contributed by atoms with van der Waals surface area (Å²) in [5, 5.41) is 0.892. The molecule has 106 valence electrons. The van der Waals surface area contributed by atoms with E-state index in [0.717, 1.165) is 17.0 Å². The van der Waals surface area contributed by atoms with Gasteiger partial charge in [-0.25, -0.2) is 8.78 Å². The number of pyridine rings is 1. The van der Waals surface area contributed by atoms with Crippen molar-refractivity contribution >= 4 is 16.6 Å². The van der Waals surface area contributed by atoms with E-state index in [-0.39, 0.29) is 17.9 Å². The van der Waals surface area contributed by atoms with Crippen molar-refractivity contribution < 1.29 is 13.5 Å². The molecule has 3 nitrogen and oxygen atoms in total. The van der Waals surface area contributed by atoms with E-state index in [1.807, 2.05) is 24.3 Å². The predicted octanol–water partition coefficient (Wildman–Crippen LogP) is 3.67. The molecule has 0 atom stereocenters. The van der Waals surface area contributed by atoms with Crippen LogP contribution in [0, 0.1) is 11.6 Å². The minimum Gasteiger partial charge on any atom is -0.487 e. The number of ether oxygens (including phenoxy) is 1. The van der Waals surface area contributed by atoms with Crippen LogP contribution in [0.5, 0.6) is 5.75 Å². The second-order valence-corrected chi connectivity index (χ2v) is 4.58. The molecule has 2 aromatic carbocycles. The Kier molecular flexibility index (Phi) is 3.39. The van der Waals surface area contributed by atoms with Crippen LogP contribution in [0.4, 0.5) is 14.5 Å². The zero-order valence-corrected chi connectivity index (χ0v) is 11.0. The highest BCUT2D eigenvalue weighted by molar-refractivity contribution is 5.79. The third-order valence-electron chi connectivity index (χ3n) is 3.16. The quantitative estimate of drug-likeness (QED) is 0.747. The van der Waals surface area contributed by atoms with Crippen LogP contribution in [0.15, 0.2) is 48.7 Å². The number of nitrogen functional groups attached to an aromatic ring is 1. The Morgan fingerprint density at radius 3 is 2.76 bits per heavy atom. The smallest absolute Gasteiger partial charge is 0.155 e. The van der Waals surface area contributed by atoms with Gasteiger partial charge in [0.2, 0.25) is 0 Å². The topological polar surface area (TPSA) is 48.1 Å². The molecule has 0 fully saturated rings. The molecule has 0 saturated heterocycles. The molecule has 0 amide bonds. The van der Waals surface area contributed by atoms with Gasteiger partial charge in [-0.15, -0.1) is 0 Å². The molecule has 0 radical (unpaired) electrons. The molecule has 0 saturated carbocycles. The van der Waals surface area contributed by atoms with Crippen LogP contribution in [-0.2, 0) is 6.61 Å². The molecule has 0 aliphatic rings. The molecule has 0 aliphatic carbocycles. The van der Waals surface area contributed by atoms with E-state index in [0.29, 0.717) is 5.75 Å². The summed E-state index contributed by atoms with van der Waals surface area (Å²) in [5.41, 5.74) is 5.95. The zero-order valence-electron chi connectivity index (χ0n) is 11.0. The summed E-state index contributed by atoms with van der Waals surface area (Å²) in [5.74, 6) is -1.03. The molecule has 21 heavy (non-hydrogen) atoms. The third kappa shape index (κ3) is 2.63. The van der Waals surface area contributed by atoms with Crippen molar-refractivity contribution in [1.82, 2.24) is 4.98 Å². The summed E-state index contributed by atoms with van der Waals surface area (Å²) >= 11 is 0. The van der Waals surface area contributed by atoms with E-state index in [2.05, 4.69) is 4.98 Å². The maximum absolute atomic E-state index is 13.8. The first-order valence-electron chi connectivity index (χ1n) is 6.35. The summed E-state index contributed by atoms with van der Waals surface area (Å²) in [4.78, 5) is 4.22. The number of halogens is 2. The number of fused-ring (bicyclic) bond motifs is 1. The van der Waals surface area contributed by atoms with Gasteiger partial charge in [-0.05, 0) is 24.3 Å². The first kappa shape index (κ1) is 13.3. The van der Waals surface area contributed by atoms with Crippen molar-refractivity contribution in [2.45, 2.75) is 6.61 Å². The number of para-hydroxylation sites is 1. The van der Waals surface area contributed by atoms with Gasteiger partial charge in [0.05, 0.1) is 23.0 Å². The van der Waals surface area contributed by atoms with Crippen molar-refractivity contribution in [3.05, 3.63) is 65.9 Å². The largest absolute Gasteiger partial charge is 0.487 e. The molecule has 3 aromatic rings. The fraction of sp³-hybridized carbons (Fsp3) is 0.0625. The number of hydrogen-bond donors (Lipinski definition) is 1. The second-order valence-electron chi connectivity index (χ2n) is 4.58. The summed E-state index contributed by atoms with van der Waals surface area (Å²) in [7, 11) is 0. The van der Waals surface area contributed by atoms with Gasteiger partial charge in [-0.2, -0.15) is 0 Å². The average molecular weight is 286 g/mol. The summed E-state index contributed by atoms with van der Waals surface area (Å²) in [6, 6.07) is 11.6. The molecular weight excluding hydrogens is 274 g/mol. The van der Waals surface area contributed by atoms with Crippen LogP contribution < -0.4 is 10.5 Å². The maximum Gasteiger partial charge on any atom is 0.155 e. The number of aromatic nitrogens is 1. The summed E-state index contributed by atoms with van der Waals surface area (Å²) < 4.78 is 32.8. The van der Waals surface area contributed by atoms with Crippen LogP contribution in [0.3, 0.4) is 0 Å². The van der Waals surface area contributed by atoms with Gasteiger partial charge in [0, 0.05) is 5.39 Å². The molecule has 3 rings (SSSR count). The van der Waals surface area contributed by atoms with E-state index >= 15 is 0 Å². The molecular formula is C16H12F2N2O. The highest BCUT2D eigenvalue weighted by atomic mass is 19.1. The minimum atomic E-state index is -0.788. The highest BCUT2D eigenvalue weighted by Gasteiger charge is 2.12. The Balaban J connectivity index is 1.85. The average Bonchev–Trinajstić information content (AvgIpc) is 2.51. The van der Waals surface area contributed by atoms with Crippen LogP contribution >= 0.6 is 0 Å². The minimum absolute atomic E-state index is 0.105. The summed E-state index contributed by atoms with van der Waals surface area (Å²) in [6.07, 6.45) is 1.52. The molecule has 2 N–H and O–H groups in total. The Hall–Kier alpha value is -2.69. The number of rotatable bonds is 3. The number of nitrogens with zero attached hydrogens (tertiary/aromatic N) is 1. The van der Waals surface area contributed by atoms with Crippen molar-refractivity contribution in [2.24, 2.45) is 0 Å². The van der Waals surface area contributed by atoms with Crippen LogP contribution in [0.1, 0.15) is 5.56 Å². The maximum atomic E-state index is 13.8. The van der Waals surface area contributed by atoms with Crippen LogP contribution in [0.2, 0.25) is 0 Å². The van der Waals surface area contributed by atoms with Gasteiger partial charge in [0.1, 0.15) is 18.2 Å². The van der Waals surface area contributed by atoms with Gasteiger partial charge < -0.3 is 10.5 Å². The van der Waals surface area contributed by atoms with E-state index in [1.54, 1.807) is 6.07 Å². The van der Waals surface area contributed by atoms with E-state index < -0.39 is 11.6 Å². The van der Waals surface area contributed by atoms with E-state index in [1.165, 1.54) is 12.3 Å².